The number of piperazine rings is 1. The zero-order valence-corrected chi connectivity index (χ0v) is 17.1. The second kappa shape index (κ2) is 8.11. The van der Waals surface area contributed by atoms with Gasteiger partial charge in [0.05, 0.1) is 11.9 Å². The quantitative estimate of drug-likeness (QED) is 0.666. The summed E-state index contributed by atoms with van der Waals surface area (Å²) in [5.41, 5.74) is 4.27. The molecule has 0 saturated carbocycles. The van der Waals surface area contributed by atoms with Gasteiger partial charge < -0.3 is 9.80 Å². The first kappa shape index (κ1) is 19.8. The molecule has 0 unspecified atom stereocenters. The van der Waals surface area contributed by atoms with Crippen LogP contribution in [-0.2, 0) is 11.2 Å². The van der Waals surface area contributed by atoms with Gasteiger partial charge in [-0.2, -0.15) is 10.4 Å². The van der Waals surface area contributed by atoms with Gasteiger partial charge in [0.25, 0.3) is 0 Å². The lowest BCUT2D eigenvalue weighted by atomic mass is 10.1. The van der Waals surface area contributed by atoms with Crippen molar-refractivity contribution in [3.63, 3.8) is 0 Å². The molecule has 1 saturated heterocycles. The van der Waals surface area contributed by atoms with Crippen LogP contribution in [0.25, 0.3) is 5.65 Å². The van der Waals surface area contributed by atoms with Crippen LogP contribution >= 0.6 is 0 Å². The van der Waals surface area contributed by atoms with Gasteiger partial charge in [0.15, 0.2) is 5.65 Å². The fraction of sp³-hybridized carbons (Fsp3) is 0.364. The number of aromatic nitrogens is 3. The summed E-state index contributed by atoms with van der Waals surface area (Å²) in [7, 11) is 0. The van der Waals surface area contributed by atoms with E-state index in [0.717, 1.165) is 17.0 Å². The fourth-order valence-electron chi connectivity index (χ4n) is 4.05. The van der Waals surface area contributed by atoms with Crippen molar-refractivity contribution in [3.8, 4) is 6.07 Å². The zero-order chi connectivity index (χ0) is 21.3. The molecule has 1 amide bonds. The predicted octanol–water partition coefficient (Wildman–Crippen LogP) is 2.64. The van der Waals surface area contributed by atoms with Crippen LogP contribution in [0.3, 0.4) is 0 Å². The van der Waals surface area contributed by atoms with E-state index in [4.69, 9.17) is 0 Å². The molecule has 0 spiro atoms. The van der Waals surface area contributed by atoms with Gasteiger partial charge in [-0.05, 0) is 38.0 Å². The molecular formula is C22H23FN6O. The van der Waals surface area contributed by atoms with Gasteiger partial charge in [-0.3, -0.25) is 4.79 Å². The number of nitriles is 1. The number of rotatable bonds is 4. The van der Waals surface area contributed by atoms with Crippen molar-refractivity contribution in [1.82, 2.24) is 19.5 Å². The van der Waals surface area contributed by atoms with Crippen molar-refractivity contribution in [2.45, 2.75) is 26.7 Å². The number of amides is 1. The third-order valence-electron chi connectivity index (χ3n) is 5.74. The summed E-state index contributed by atoms with van der Waals surface area (Å²) in [4.78, 5) is 21.1. The number of hydrogen-bond acceptors (Lipinski definition) is 5. The zero-order valence-electron chi connectivity index (χ0n) is 17.1. The summed E-state index contributed by atoms with van der Waals surface area (Å²) >= 11 is 0. The van der Waals surface area contributed by atoms with E-state index in [9.17, 15) is 14.4 Å². The highest BCUT2D eigenvalue weighted by molar-refractivity contribution is 5.77. The van der Waals surface area contributed by atoms with E-state index in [2.05, 4.69) is 16.2 Å². The normalized spacial score (nSPS) is 14.2. The summed E-state index contributed by atoms with van der Waals surface area (Å²) in [6.07, 6.45) is 2.45. The number of nitrogens with zero attached hydrogens (tertiary/aromatic N) is 6. The van der Waals surface area contributed by atoms with E-state index in [1.165, 1.54) is 12.3 Å². The molecule has 0 bridgehead atoms. The summed E-state index contributed by atoms with van der Waals surface area (Å²) in [6.45, 7) is 6.21. The number of carbonyl (C=O) groups excluding carboxylic acids is 1. The first-order valence-corrected chi connectivity index (χ1v) is 10.0. The van der Waals surface area contributed by atoms with Gasteiger partial charge in [-0.25, -0.2) is 13.9 Å². The molecule has 2 aromatic heterocycles. The van der Waals surface area contributed by atoms with Gasteiger partial charge in [0, 0.05) is 44.0 Å². The van der Waals surface area contributed by atoms with E-state index in [1.807, 2.05) is 29.7 Å². The third kappa shape index (κ3) is 3.59. The van der Waals surface area contributed by atoms with E-state index < -0.39 is 0 Å². The molecule has 0 atom stereocenters. The Morgan fingerprint density at radius 3 is 2.63 bits per heavy atom. The van der Waals surface area contributed by atoms with E-state index >= 15 is 0 Å². The van der Waals surface area contributed by atoms with Crippen molar-refractivity contribution >= 4 is 17.2 Å². The number of halogens is 1. The van der Waals surface area contributed by atoms with E-state index in [0.29, 0.717) is 55.9 Å². The number of benzene rings is 1. The SMILES string of the molecule is Cc1nc2c(C#N)cnn2c(C)c1CCC(=O)N1CCN(c2ccccc2F)CC1. The van der Waals surface area contributed by atoms with Crippen LogP contribution in [0.4, 0.5) is 10.1 Å². The smallest absolute Gasteiger partial charge is 0.223 e. The Bertz CT molecular complexity index is 1140. The monoisotopic (exact) mass is 406 g/mol. The first-order chi connectivity index (χ1) is 14.5. The Morgan fingerprint density at radius 2 is 1.93 bits per heavy atom. The van der Waals surface area contributed by atoms with Crippen molar-refractivity contribution in [2.24, 2.45) is 0 Å². The molecule has 3 heterocycles. The first-order valence-electron chi connectivity index (χ1n) is 10.0. The summed E-state index contributed by atoms with van der Waals surface area (Å²) in [6, 6.07) is 8.84. The third-order valence-corrected chi connectivity index (χ3v) is 5.74. The maximum atomic E-state index is 14.0. The highest BCUT2D eigenvalue weighted by Gasteiger charge is 2.23. The minimum absolute atomic E-state index is 0.0836. The number of aryl methyl sites for hydroxylation is 2. The van der Waals surface area contributed by atoms with Gasteiger partial charge in [-0.15, -0.1) is 0 Å². The lowest BCUT2D eigenvalue weighted by Gasteiger charge is -2.36. The molecule has 1 aromatic carbocycles. The highest BCUT2D eigenvalue weighted by atomic mass is 19.1. The van der Waals surface area contributed by atoms with Crippen molar-refractivity contribution in [2.75, 3.05) is 31.1 Å². The molecule has 154 valence electrons. The number of carbonyl (C=O) groups is 1. The molecular weight excluding hydrogens is 383 g/mol. The molecule has 1 aliphatic rings. The number of hydrogen-bond donors (Lipinski definition) is 0. The molecule has 1 aliphatic heterocycles. The molecule has 30 heavy (non-hydrogen) atoms. The number of anilines is 1. The second-order valence-corrected chi connectivity index (χ2v) is 7.49. The average Bonchev–Trinajstić information content (AvgIpc) is 3.17. The fourth-order valence-corrected chi connectivity index (χ4v) is 4.05. The van der Waals surface area contributed by atoms with E-state index in [-0.39, 0.29) is 11.7 Å². The van der Waals surface area contributed by atoms with Crippen LogP contribution in [0, 0.1) is 31.0 Å². The number of para-hydroxylation sites is 1. The van der Waals surface area contributed by atoms with Crippen LogP contribution in [0.1, 0.15) is 28.9 Å². The highest BCUT2D eigenvalue weighted by Crippen LogP contribution is 2.21. The van der Waals surface area contributed by atoms with Crippen LogP contribution in [0.2, 0.25) is 0 Å². The minimum atomic E-state index is -0.232. The topological polar surface area (TPSA) is 77.5 Å². The van der Waals surface area contributed by atoms with Crippen molar-refractivity contribution in [3.05, 3.63) is 58.8 Å². The molecule has 1 fully saturated rings. The molecule has 4 rings (SSSR count). The average molecular weight is 406 g/mol. The van der Waals surface area contributed by atoms with Gasteiger partial charge in [-0.1, -0.05) is 12.1 Å². The van der Waals surface area contributed by atoms with Crippen LogP contribution in [0.5, 0.6) is 0 Å². The molecule has 3 aromatic rings. The Labute approximate surface area is 174 Å². The molecule has 8 heteroatoms. The van der Waals surface area contributed by atoms with Crippen LogP contribution < -0.4 is 4.90 Å². The molecule has 0 radical (unpaired) electrons. The van der Waals surface area contributed by atoms with Gasteiger partial charge in [0.2, 0.25) is 5.91 Å². The van der Waals surface area contributed by atoms with Crippen molar-refractivity contribution in [1.29, 1.82) is 5.26 Å². The lowest BCUT2D eigenvalue weighted by molar-refractivity contribution is -0.131. The Balaban J connectivity index is 1.40. The Morgan fingerprint density at radius 1 is 1.20 bits per heavy atom. The standard InChI is InChI=1S/C22H23FN6O/c1-15-18(16(2)29-22(26-15)17(13-24)14-25-29)7-8-21(30)28-11-9-27(10-12-28)20-6-4-3-5-19(20)23/h3-6,14H,7-12H2,1-2H3. The molecule has 0 aliphatic carbocycles. The molecule has 7 nitrogen and oxygen atoms in total. The summed E-state index contributed by atoms with van der Waals surface area (Å²) in [5, 5.41) is 13.4. The Kier molecular flexibility index (Phi) is 5.36. The minimum Gasteiger partial charge on any atom is -0.366 e. The largest absolute Gasteiger partial charge is 0.366 e. The summed E-state index contributed by atoms with van der Waals surface area (Å²) < 4.78 is 15.7. The van der Waals surface area contributed by atoms with Gasteiger partial charge >= 0.3 is 0 Å². The maximum absolute atomic E-state index is 14.0. The lowest BCUT2D eigenvalue weighted by Crippen LogP contribution is -2.49. The summed E-state index contributed by atoms with van der Waals surface area (Å²) in [5.74, 6) is -0.149. The number of fused-ring (bicyclic) bond motifs is 1. The maximum Gasteiger partial charge on any atom is 0.223 e. The molecule has 0 N–H and O–H groups in total. The van der Waals surface area contributed by atoms with Gasteiger partial charge in [0.1, 0.15) is 17.4 Å². The van der Waals surface area contributed by atoms with Crippen LogP contribution in [0.15, 0.2) is 30.5 Å². The van der Waals surface area contributed by atoms with Crippen LogP contribution in [-0.4, -0.2) is 51.6 Å². The Hall–Kier alpha value is -3.47. The second-order valence-electron chi connectivity index (χ2n) is 7.49. The predicted molar refractivity (Wildman–Crippen MR) is 111 cm³/mol. The van der Waals surface area contributed by atoms with Crippen molar-refractivity contribution < 1.29 is 9.18 Å². The van der Waals surface area contributed by atoms with E-state index in [1.54, 1.807) is 16.6 Å².